The van der Waals surface area contributed by atoms with Gasteiger partial charge in [0.2, 0.25) is 0 Å². The van der Waals surface area contributed by atoms with Crippen molar-refractivity contribution in [1.29, 1.82) is 0 Å². The Morgan fingerprint density at radius 3 is 1.95 bits per heavy atom. The van der Waals surface area contributed by atoms with Crippen molar-refractivity contribution in [3.05, 3.63) is 65.5 Å². The van der Waals surface area contributed by atoms with E-state index in [4.69, 9.17) is 5.73 Å². The first-order valence-corrected chi connectivity index (χ1v) is 7.43. The molecule has 2 N–H and O–H groups in total. The molecule has 100 valence electrons. The lowest BCUT2D eigenvalue weighted by Gasteiger charge is -2.05. The molecule has 3 nitrogen and oxygen atoms in total. The van der Waals surface area contributed by atoms with Crippen LogP contribution in [-0.4, -0.2) is 8.42 Å². The molecule has 0 aliphatic rings. The van der Waals surface area contributed by atoms with Crippen molar-refractivity contribution in [2.45, 2.75) is 17.2 Å². The van der Waals surface area contributed by atoms with Gasteiger partial charge in [-0.05, 0) is 35.4 Å². The average molecular weight is 279 g/mol. The lowest BCUT2D eigenvalue weighted by Crippen LogP contribution is -2.05. The second kappa shape index (κ2) is 5.50. The van der Waals surface area contributed by atoms with E-state index in [1.54, 1.807) is 24.3 Å². The van der Waals surface area contributed by atoms with E-state index in [0.29, 0.717) is 12.1 Å². The van der Waals surface area contributed by atoms with Gasteiger partial charge in [0, 0.05) is 6.54 Å². The molecule has 0 heterocycles. The maximum Gasteiger partial charge on any atom is 0.182 e. The Morgan fingerprint density at radius 2 is 1.42 bits per heavy atom. The maximum absolute atomic E-state index is 12.8. The van der Waals surface area contributed by atoms with Crippen LogP contribution in [0.15, 0.2) is 53.4 Å². The summed E-state index contributed by atoms with van der Waals surface area (Å²) in [4.78, 5) is 0.122. The van der Waals surface area contributed by atoms with Gasteiger partial charge in [0.05, 0.1) is 10.6 Å². The summed E-state index contributed by atoms with van der Waals surface area (Å²) in [5.74, 6) is -0.560. The lowest BCUT2D eigenvalue weighted by atomic mass is 10.1. The van der Waals surface area contributed by atoms with Crippen molar-refractivity contribution < 1.29 is 12.8 Å². The van der Waals surface area contributed by atoms with Crippen LogP contribution in [0.2, 0.25) is 0 Å². The molecule has 0 spiro atoms. The van der Waals surface area contributed by atoms with E-state index in [2.05, 4.69) is 0 Å². The fourth-order valence-electron chi connectivity index (χ4n) is 1.72. The smallest absolute Gasteiger partial charge is 0.182 e. The summed E-state index contributed by atoms with van der Waals surface area (Å²) in [5, 5.41) is 0. The van der Waals surface area contributed by atoms with Crippen molar-refractivity contribution in [1.82, 2.24) is 0 Å². The Morgan fingerprint density at radius 1 is 0.895 bits per heavy atom. The van der Waals surface area contributed by atoms with E-state index in [1.807, 2.05) is 0 Å². The summed E-state index contributed by atoms with van der Waals surface area (Å²) >= 11 is 0. The molecule has 0 aromatic heterocycles. The van der Waals surface area contributed by atoms with Crippen molar-refractivity contribution >= 4 is 9.84 Å². The van der Waals surface area contributed by atoms with Gasteiger partial charge in [-0.15, -0.1) is 0 Å². The van der Waals surface area contributed by atoms with E-state index < -0.39 is 15.7 Å². The molecule has 2 rings (SSSR count). The first-order valence-electron chi connectivity index (χ1n) is 5.77. The molecule has 0 unspecified atom stereocenters. The molecular formula is C14H14FNO2S. The first-order chi connectivity index (χ1) is 9.01. The summed E-state index contributed by atoms with van der Waals surface area (Å²) in [6, 6.07) is 11.9. The molecule has 0 saturated carbocycles. The van der Waals surface area contributed by atoms with E-state index in [0.717, 1.165) is 17.7 Å². The third kappa shape index (κ3) is 3.39. The lowest BCUT2D eigenvalue weighted by molar-refractivity contribution is 0.594. The minimum absolute atomic E-state index is 0.108. The zero-order valence-electron chi connectivity index (χ0n) is 10.2. The Hall–Kier alpha value is -1.72. The van der Waals surface area contributed by atoms with Gasteiger partial charge in [0.25, 0.3) is 0 Å². The molecule has 2 aromatic carbocycles. The van der Waals surface area contributed by atoms with Gasteiger partial charge in [-0.1, -0.05) is 24.3 Å². The second-order valence-electron chi connectivity index (χ2n) is 4.23. The largest absolute Gasteiger partial charge is 0.326 e. The summed E-state index contributed by atoms with van der Waals surface area (Å²) in [6.45, 7) is 0.422. The third-order valence-corrected chi connectivity index (χ3v) is 4.49. The van der Waals surface area contributed by atoms with Crippen LogP contribution in [0.25, 0.3) is 0 Å². The van der Waals surface area contributed by atoms with Gasteiger partial charge in [-0.3, -0.25) is 0 Å². The zero-order chi connectivity index (χ0) is 13.9. The van der Waals surface area contributed by atoms with Gasteiger partial charge >= 0.3 is 0 Å². The van der Waals surface area contributed by atoms with Crippen LogP contribution in [0, 0.1) is 5.82 Å². The van der Waals surface area contributed by atoms with Gasteiger partial charge in [0.15, 0.2) is 9.84 Å². The molecule has 0 fully saturated rings. The SMILES string of the molecule is NCc1ccc(CS(=O)(=O)c2ccc(F)cc2)cc1. The number of sulfone groups is 1. The molecule has 0 aliphatic heterocycles. The zero-order valence-corrected chi connectivity index (χ0v) is 11.0. The minimum atomic E-state index is -3.45. The van der Waals surface area contributed by atoms with E-state index in [-0.39, 0.29) is 10.6 Å². The molecule has 2 aromatic rings. The molecule has 0 amide bonds. The summed E-state index contributed by atoms with van der Waals surface area (Å²) in [6.07, 6.45) is 0. The monoisotopic (exact) mass is 279 g/mol. The fourth-order valence-corrected chi connectivity index (χ4v) is 3.06. The van der Waals surface area contributed by atoms with Crippen molar-refractivity contribution in [3.63, 3.8) is 0 Å². The number of hydrogen-bond donors (Lipinski definition) is 1. The van der Waals surface area contributed by atoms with Gasteiger partial charge in [-0.2, -0.15) is 0 Å². The van der Waals surface area contributed by atoms with Gasteiger partial charge in [0.1, 0.15) is 5.82 Å². The quantitative estimate of drug-likeness (QED) is 0.873. The van der Waals surface area contributed by atoms with Crippen molar-refractivity contribution in [3.8, 4) is 0 Å². The summed E-state index contributed by atoms with van der Waals surface area (Å²) < 4.78 is 37.0. The second-order valence-corrected chi connectivity index (χ2v) is 6.22. The predicted molar refractivity (Wildman–Crippen MR) is 71.6 cm³/mol. The summed E-state index contributed by atoms with van der Waals surface area (Å²) in [5.41, 5.74) is 7.11. The minimum Gasteiger partial charge on any atom is -0.326 e. The third-order valence-electron chi connectivity index (χ3n) is 2.79. The molecule has 0 radical (unpaired) electrons. The highest BCUT2D eigenvalue weighted by Crippen LogP contribution is 2.17. The predicted octanol–water partition coefficient (Wildman–Crippen LogP) is 2.26. The van der Waals surface area contributed by atoms with Crippen LogP contribution in [0.4, 0.5) is 4.39 Å². The number of benzene rings is 2. The molecular weight excluding hydrogens is 265 g/mol. The fraction of sp³-hybridized carbons (Fsp3) is 0.143. The Kier molecular flexibility index (Phi) is 3.97. The molecule has 19 heavy (non-hydrogen) atoms. The van der Waals surface area contributed by atoms with Crippen LogP contribution in [0.5, 0.6) is 0 Å². The average Bonchev–Trinajstić information content (AvgIpc) is 2.40. The van der Waals surface area contributed by atoms with Gasteiger partial charge in [-0.25, -0.2) is 12.8 Å². The number of nitrogens with two attached hydrogens (primary N) is 1. The normalized spacial score (nSPS) is 11.5. The van der Waals surface area contributed by atoms with Crippen molar-refractivity contribution in [2.75, 3.05) is 0 Å². The van der Waals surface area contributed by atoms with Crippen molar-refractivity contribution in [2.24, 2.45) is 5.73 Å². The Labute approximate surface area is 111 Å². The van der Waals surface area contributed by atoms with E-state index in [1.165, 1.54) is 12.1 Å². The molecule has 0 bridgehead atoms. The van der Waals surface area contributed by atoms with Crippen LogP contribution in [0.1, 0.15) is 11.1 Å². The number of hydrogen-bond acceptors (Lipinski definition) is 3. The number of rotatable bonds is 4. The molecule has 0 atom stereocenters. The highest BCUT2D eigenvalue weighted by atomic mass is 32.2. The summed E-state index contributed by atoms with van der Waals surface area (Å²) in [7, 11) is -3.45. The Balaban J connectivity index is 2.23. The van der Waals surface area contributed by atoms with Crippen LogP contribution in [0.3, 0.4) is 0 Å². The van der Waals surface area contributed by atoms with E-state index >= 15 is 0 Å². The molecule has 0 saturated heterocycles. The molecule has 0 aliphatic carbocycles. The van der Waals surface area contributed by atoms with E-state index in [9.17, 15) is 12.8 Å². The highest BCUT2D eigenvalue weighted by Gasteiger charge is 2.15. The topological polar surface area (TPSA) is 60.2 Å². The number of halogens is 1. The highest BCUT2D eigenvalue weighted by molar-refractivity contribution is 7.90. The maximum atomic E-state index is 12.8. The first kappa shape index (κ1) is 13.7. The van der Waals surface area contributed by atoms with Crippen LogP contribution in [-0.2, 0) is 22.1 Å². The molecule has 5 heteroatoms. The van der Waals surface area contributed by atoms with Crippen LogP contribution < -0.4 is 5.73 Å². The van der Waals surface area contributed by atoms with Crippen LogP contribution >= 0.6 is 0 Å². The Bertz CT molecular complexity index is 649. The standard InChI is InChI=1S/C14H14FNO2S/c15-13-5-7-14(8-6-13)19(17,18)10-12-3-1-11(9-16)2-4-12/h1-8H,9-10,16H2. The van der Waals surface area contributed by atoms with Gasteiger partial charge < -0.3 is 5.73 Å².